The van der Waals surface area contributed by atoms with Crippen LogP contribution in [0.3, 0.4) is 0 Å². The lowest BCUT2D eigenvalue weighted by Crippen LogP contribution is -2.30. The quantitative estimate of drug-likeness (QED) is 0.551. The summed E-state index contributed by atoms with van der Waals surface area (Å²) in [5.74, 6) is -1.72. The average molecular weight is 336 g/mol. The number of primary amides is 1. The smallest absolute Gasteiger partial charge is 0.331 e. The maximum absolute atomic E-state index is 11.5. The lowest BCUT2D eigenvalue weighted by Gasteiger charge is -2.27. The van der Waals surface area contributed by atoms with Crippen molar-refractivity contribution in [3.8, 4) is 0 Å². The van der Waals surface area contributed by atoms with Gasteiger partial charge in [0.2, 0.25) is 5.91 Å². The molecule has 0 bridgehead atoms. The molecule has 2 unspecified atom stereocenters. The number of nitrogens with two attached hydrogens (primary N) is 1. The molecule has 130 valence electrons. The van der Waals surface area contributed by atoms with E-state index in [9.17, 15) is 14.4 Å². The van der Waals surface area contributed by atoms with E-state index in [1.165, 1.54) is 7.11 Å². The second kappa shape index (κ2) is 8.30. The fourth-order valence-electron chi connectivity index (χ4n) is 2.38. The Morgan fingerprint density at radius 1 is 1.33 bits per heavy atom. The minimum absolute atomic E-state index is 0.0881. The van der Waals surface area contributed by atoms with Gasteiger partial charge in [-0.3, -0.25) is 4.79 Å². The summed E-state index contributed by atoms with van der Waals surface area (Å²) >= 11 is 0. The molecule has 8 nitrogen and oxygen atoms in total. The first-order valence-electron chi connectivity index (χ1n) is 7.52. The Balaban J connectivity index is 1.79. The van der Waals surface area contributed by atoms with Crippen molar-refractivity contribution in [3.63, 3.8) is 0 Å². The zero-order valence-corrected chi connectivity index (χ0v) is 13.3. The third-order valence-electron chi connectivity index (χ3n) is 3.62. The largest absolute Gasteiger partial charge is 0.466 e. The molecule has 0 radical (unpaired) electrons. The summed E-state index contributed by atoms with van der Waals surface area (Å²) in [7, 11) is 1.22. The van der Waals surface area contributed by atoms with Crippen LogP contribution < -0.4 is 5.73 Å². The first-order valence-corrected chi connectivity index (χ1v) is 7.52. The van der Waals surface area contributed by atoms with Crippen LogP contribution in [-0.2, 0) is 28.6 Å². The monoisotopic (exact) mass is 336 g/mol. The van der Waals surface area contributed by atoms with Crippen molar-refractivity contribution in [2.45, 2.75) is 31.6 Å². The van der Waals surface area contributed by atoms with Crippen LogP contribution in [0, 0.1) is 0 Å². The Morgan fingerprint density at radius 3 is 2.79 bits per heavy atom. The van der Waals surface area contributed by atoms with Gasteiger partial charge >= 0.3 is 11.9 Å². The zero-order valence-electron chi connectivity index (χ0n) is 13.3. The number of nitrogens with zero attached hydrogens (tertiary/aromatic N) is 1. The molecule has 1 saturated heterocycles. The molecule has 0 saturated carbocycles. The highest BCUT2D eigenvalue weighted by molar-refractivity contribution is 5.92. The summed E-state index contributed by atoms with van der Waals surface area (Å²) in [6, 6.07) is 0. The molecule has 1 amide bonds. The summed E-state index contributed by atoms with van der Waals surface area (Å²) in [5, 5.41) is 0. The minimum atomic E-state index is -0.638. The number of esters is 2. The van der Waals surface area contributed by atoms with Crippen LogP contribution >= 0.6 is 0 Å². The fourth-order valence-corrected chi connectivity index (χ4v) is 2.38. The number of amides is 1. The number of hydrogen-bond acceptors (Lipinski definition) is 7. The molecule has 24 heavy (non-hydrogen) atoms. The van der Waals surface area contributed by atoms with E-state index in [-0.39, 0.29) is 18.9 Å². The van der Waals surface area contributed by atoms with Gasteiger partial charge in [0, 0.05) is 30.1 Å². The molecule has 2 aliphatic rings. The molecule has 2 rings (SSSR count). The first-order chi connectivity index (χ1) is 11.5. The lowest BCUT2D eigenvalue weighted by molar-refractivity contribution is -0.143. The highest BCUT2D eigenvalue weighted by Crippen LogP contribution is 2.26. The van der Waals surface area contributed by atoms with Crippen LogP contribution in [0.1, 0.15) is 19.3 Å². The molecule has 0 spiro atoms. The Bertz CT molecular complexity index is 595. The molecule has 2 heterocycles. The summed E-state index contributed by atoms with van der Waals surface area (Å²) in [4.78, 5) is 35.4. The van der Waals surface area contributed by atoms with Crippen LogP contribution in [0.4, 0.5) is 0 Å². The SMILES string of the molecule is COC(=O)/C=C/C(=O)OCC1CCC(N2C=CCC(C(N)=O)=C2)O1. The molecule has 0 aromatic rings. The zero-order chi connectivity index (χ0) is 17.5. The van der Waals surface area contributed by atoms with Crippen molar-refractivity contribution in [1.82, 2.24) is 4.90 Å². The van der Waals surface area contributed by atoms with E-state index in [0.717, 1.165) is 18.6 Å². The molecule has 2 aliphatic heterocycles. The third kappa shape index (κ3) is 4.95. The van der Waals surface area contributed by atoms with E-state index in [1.54, 1.807) is 11.1 Å². The molecule has 2 atom stereocenters. The van der Waals surface area contributed by atoms with Gasteiger partial charge in [-0.05, 0) is 19.3 Å². The van der Waals surface area contributed by atoms with Crippen LogP contribution in [0.2, 0.25) is 0 Å². The number of rotatable bonds is 6. The maximum Gasteiger partial charge on any atom is 0.331 e. The van der Waals surface area contributed by atoms with Gasteiger partial charge in [0.25, 0.3) is 0 Å². The average Bonchev–Trinajstić information content (AvgIpc) is 3.07. The third-order valence-corrected chi connectivity index (χ3v) is 3.62. The summed E-state index contributed by atoms with van der Waals surface area (Å²) in [5.41, 5.74) is 5.81. The highest BCUT2D eigenvalue weighted by Gasteiger charge is 2.30. The molecule has 8 heteroatoms. The standard InChI is InChI=1S/C16H20N2O6/c1-22-14(19)6-7-15(20)23-10-12-4-5-13(24-12)18-8-2-3-11(9-18)16(17)21/h2,6-9,12-13H,3-5,10H2,1H3,(H2,17,21)/b7-6+. The molecule has 0 aromatic heterocycles. The van der Waals surface area contributed by atoms with E-state index in [1.807, 2.05) is 12.3 Å². The van der Waals surface area contributed by atoms with Crippen LogP contribution in [0.25, 0.3) is 0 Å². The second-order valence-corrected chi connectivity index (χ2v) is 5.33. The Kier molecular flexibility index (Phi) is 6.14. The number of carbonyl (C=O) groups excluding carboxylic acids is 3. The van der Waals surface area contributed by atoms with Crippen LogP contribution in [-0.4, -0.2) is 48.8 Å². The van der Waals surface area contributed by atoms with Crippen molar-refractivity contribution >= 4 is 17.8 Å². The Hall–Kier alpha value is -2.61. The Morgan fingerprint density at radius 2 is 2.08 bits per heavy atom. The predicted octanol–water partition coefficient (Wildman–Crippen LogP) is 0.353. The van der Waals surface area contributed by atoms with E-state index in [4.69, 9.17) is 15.2 Å². The van der Waals surface area contributed by atoms with Gasteiger partial charge in [-0.2, -0.15) is 0 Å². The molecule has 1 fully saturated rings. The summed E-state index contributed by atoms with van der Waals surface area (Å²) in [6.45, 7) is 0.0881. The molecular weight excluding hydrogens is 316 g/mol. The first kappa shape index (κ1) is 17.7. The molecule has 0 aromatic carbocycles. The van der Waals surface area contributed by atoms with Gasteiger partial charge in [-0.15, -0.1) is 0 Å². The van der Waals surface area contributed by atoms with Gasteiger partial charge in [0.15, 0.2) is 0 Å². The van der Waals surface area contributed by atoms with Crippen molar-refractivity contribution in [2.24, 2.45) is 5.73 Å². The van der Waals surface area contributed by atoms with Crippen molar-refractivity contribution < 1.29 is 28.6 Å². The topological polar surface area (TPSA) is 108 Å². The van der Waals surface area contributed by atoms with E-state index in [0.29, 0.717) is 18.4 Å². The molecule has 0 aliphatic carbocycles. The van der Waals surface area contributed by atoms with Gasteiger partial charge in [-0.25, -0.2) is 9.59 Å². The normalized spacial score (nSPS) is 23.2. The minimum Gasteiger partial charge on any atom is -0.466 e. The number of methoxy groups -OCH3 is 1. The second-order valence-electron chi connectivity index (χ2n) is 5.33. The molecule has 2 N–H and O–H groups in total. The van der Waals surface area contributed by atoms with E-state index >= 15 is 0 Å². The van der Waals surface area contributed by atoms with Crippen LogP contribution in [0.15, 0.2) is 36.2 Å². The molecular formula is C16H20N2O6. The van der Waals surface area contributed by atoms with Gasteiger partial charge < -0.3 is 24.8 Å². The highest BCUT2D eigenvalue weighted by atomic mass is 16.6. The maximum atomic E-state index is 11.5. The van der Waals surface area contributed by atoms with E-state index < -0.39 is 17.8 Å². The number of ether oxygens (including phenoxy) is 3. The van der Waals surface area contributed by atoms with Crippen LogP contribution in [0.5, 0.6) is 0 Å². The number of carbonyl (C=O) groups is 3. The summed E-state index contributed by atoms with van der Waals surface area (Å²) < 4.78 is 15.2. The van der Waals surface area contributed by atoms with Gasteiger partial charge in [-0.1, -0.05) is 6.08 Å². The van der Waals surface area contributed by atoms with Crippen molar-refractivity contribution in [1.29, 1.82) is 0 Å². The van der Waals surface area contributed by atoms with Gasteiger partial charge in [0.05, 0.1) is 13.2 Å². The van der Waals surface area contributed by atoms with Gasteiger partial charge in [0.1, 0.15) is 12.8 Å². The number of hydrogen-bond donors (Lipinski definition) is 1. The summed E-state index contributed by atoms with van der Waals surface area (Å²) in [6.07, 6.45) is 8.83. The lowest BCUT2D eigenvalue weighted by atomic mass is 10.1. The van der Waals surface area contributed by atoms with Crippen molar-refractivity contribution in [2.75, 3.05) is 13.7 Å². The predicted molar refractivity (Wildman–Crippen MR) is 82.9 cm³/mol. The fraction of sp³-hybridized carbons (Fsp3) is 0.438. The Labute approximate surface area is 139 Å². The van der Waals surface area contributed by atoms with Crippen molar-refractivity contribution in [3.05, 3.63) is 36.2 Å². The van der Waals surface area contributed by atoms with E-state index in [2.05, 4.69) is 4.74 Å². The number of allylic oxidation sites excluding steroid dienone is 1.